The van der Waals surface area contributed by atoms with E-state index in [0.29, 0.717) is 10.8 Å². The Morgan fingerprint density at radius 3 is 2.59 bits per heavy atom. The molecule has 0 spiro atoms. The lowest BCUT2D eigenvalue weighted by atomic mass is 10.2. The van der Waals surface area contributed by atoms with Gasteiger partial charge in [-0.25, -0.2) is 4.39 Å². The Kier molecular flexibility index (Phi) is 8.48. The van der Waals surface area contributed by atoms with E-state index >= 15 is 0 Å². The van der Waals surface area contributed by atoms with Gasteiger partial charge in [-0.3, -0.25) is 5.43 Å². The van der Waals surface area contributed by atoms with Crippen molar-refractivity contribution >= 4 is 46.5 Å². The van der Waals surface area contributed by atoms with Crippen LogP contribution in [0.2, 0.25) is 5.02 Å². The maximum Gasteiger partial charge on any atom is 0.191 e. The molecule has 0 atom stereocenters. The molecule has 0 heterocycles. The van der Waals surface area contributed by atoms with Crippen molar-refractivity contribution in [3.05, 3.63) is 58.9 Å². The number of halogens is 2. The summed E-state index contributed by atoms with van der Waals surface area (Å²) in [5.41, 5.74) is 5.49. The molecule has 27 heavy (non-hydrogen) atoms. The van der Waals surface area contributed by atoms with Gasteiger partial charge in [0.25, 0.3) is 0 Å². The van der Waals surface area contributed by atoms with Crippen molar-refractivity contribution in [1.29, 1.82) is 0 Å². The van der Waals surface area contributed by atoms with Crippen LogP contribution in [0.25, 0.3) is 0 Å². The Hall–Kier alpha value is -2.18. The van der Waals surface area contributed by atoms with E-state index in [1.807, 2.05) is 12.1 Å². The third kappa shape index (κ3) is 6.81. The average molecular weight is 407 g/mol. The molecule has 0 fully saturated rings. The fourth-order valence-electron chi connectivity index (χ4n) is 2.49. The Labute approximate surface area is 170 Å². The molecule has 0 saturated heterocycles. The predicted octanol–water partition coefficient (Wildman–Crippen LogP) is 5.43. The Bertz CT molecular complexity index is 780. The summed E-state index contributed by atoms with van der Waals surface area (Å²) < 4.78 is 13.2. The van der Waals surface area contributed by atoms with E-state index in [1.54, 1.807) is 12.3 Å². The van der Waals surface area contributed by atoms with E-state index in [9.17, 15) is 4.39 Å². The van der Waals surface area contributed by atoms with Gasteiger partial charge in [-0.05, 0) is 61.5 Å². The molecule has 0 aromatic heterocycles. The van der Waals surface area contributed by atoms with Crippen LogP contribution in [-0.4, -0.2) is 24.4 Å². The predicted molar refractivity (Wildman–Crippen MR) is 118 cm³/mol. The summed E-state index contributed by atoms with van der Waals surface area (Å²) >= 11 is 10.9. The van der Waals surface area contributed by atoms with Gasteiger partial charge in [-0.1, -0.05) is 37.1 Å². The molecular formula is C20H24ClFN4S. The molecule has 0 aliphatic heterocycles. The second kappa shape index (κ2) is 10.8. The molecule has 0 bridgehead atoms. The van der Waals surface area contributed by atoms with Gasteiger partial charge in [0.1, 0.15) is 5.82 Å². The van der Waals surface area contributed by atoms with Gasteiger partial charge in [0.2, 0.25) is 0 Å². The SMILES string of the molecule is CCCCN(CC)c1ccc(/C=N/NC(=S)Nc2ccc(F)c(Cl)c2)cc1. The van der Waals surface area contributed by atoms with Crippen molar-refractivity contribution in [1.82, 2.24) is 5.43 Å². The summed E-state index contributed by atoms with van der Waals surface area (Å²) in [6, 6.07) is 12.5. The van der Waals surface area contributed by atoms with Gasteiger partial charge in [0.05, 0.1) is 11.2 Å². The number of hydrogen-bond donors (Lipinski definition) is 2. The highest BCUT2D eigenvalue weighted by atomic mass is 35.5. The minimum Gasteiger partial charge on any atom is -0.372 e. The fourth-order valence-corrected chi connectivity index (χ4v) is 2.84. The average Bonchev–Trinajstić information content (AvgIpc) is 2.66. The van der Waals surface area contributed by atoms with Crippen LogP contribution >= 0.6 is 23.8 Å². The quantitative estimate of drug-likeness (QED) is 0.348. The third-order valence-electron chi connectivity index (χ3n) is 3.98. The van der Waals surface area contributed by atoms with E-state index in [1.165, 1.54) is 30.7 Å². The summed E-state index contributed by atoms with van der Waals surface area (Å²) in [4.78, 5) is 2.36. The number of hydrazone groups is 1. The van der Waals surface area contributed by atoms with Gasteiger partial charge in [-0.15, -0.1) is 0 Å². The number of nitrogens with zero attached hydrogens (tertiary/aromatic N) is 2. The van der Waals surface area contributed by atoms with Crippen LogP contribution in [0.15, 0.2) is 47.6 Å². The van der Waals surface area contributed by atoms with Crippen molar-refractivity contribution in [3.63, 3.8) is 0 Å². The molecule has 2 N–H and O–H groups in total. The fraction of sp³-hybridized carbons (Fsp3) is 0.300. The van der Waals surface area contributed by atoms with Gasteiger partial charge in [0.15, 0.2) is 5.11 Å². The highest BCUT2D eigenvalue weighted by Gasteiger charge is 2.04. The topological polar surface area (TPSA) is 39.7 Å². The normalized spacial score (nSPS) is 10.8. The zero-order valence-electron chi connectivity index (χ0n) is 15.5. The first-order valence-corrected chi connectivity index (χ1v) is 9.72. The van der Waals surface area contributed by atoms with E-state index in [4.69, 9.17) is 23.8 Å². The Morgan fingerprint density at radius 2 is 1.96 bits per heavy atom. The molecule has 144 valence electrons. The highest BCUT2D eigenvalue weighted by molar-refractivity contribution is 7.80. The number of benzene rings is 2. The first-order valence-electron chi connectivity index (χ1n) is 8.93. The standard InChI is InChI=1S/C20H24ClFN4S/c1-3-5-12-26(4-2)17-9-6-15(7-10-17)14-23-25-20(27)24-16-8-11-19(22)18(21)13-16/h6-11,13-14H,3-5,12H2,1-2H3,(H2,24,25,27)/b23-14+. The number of nitrogens with one attached hydrogen (secondary N) is 2. The second-order valence-electron chi connectivity index (χ2n) is 5.98. The number of hydrogen-bond acceptors (Lipinski definition) is 3. The zero-order chi connectivity index (χ0) is 19.6. The minimum atomic E-state index is -0.473. The molecule has 0 radical (unpaired) electrons. The van der Waals surface area contributed by atoms with Crippen molar-refractivity contribution in [2.24, 2.45) is 5.10 Å². The van der Waals surface area contributed by atoms with E-state index in [-0.39, 0.29) is 5.02 Å². The summed E-state index contributed by atoms with van der Waals surface area (Å²) in [5.74, 6) is -0.473. The van der Waals surface area contributed by atoms with Crippen molar-refractivity contribution in [2.45, 2.75) is 26.7 Å². The summed E-state index contributed by atoms with van der Waals surface area (Å²) in [6.45, 7) is 6.42. The van der Waals surface area contributed by atoms with Gasteiger partial charge >= 0.3 is 0 Å². The lowest BCUT2D eigenvalue weighted by Gasteiger charge is -2.22. The van der Waals surface area contributed by atoms with Crippen LogP contribution in [0.3, 0.4) is 0 Å². The number of rotatable bonds is 8. The molecule has 0 amide bonds. The van der Waals surface area contributed by atoms with Gasteiger partial charge in [-0.2, -0.15) is 5.10 Å². The molecule has 2 aromatic carbocycles. The van der Waals surface area contributed by atoms with Crippen LogP contribution in [0.4, 0.5) is 15.8 Å². The third-order valence-corrected chi connectivity index (χ3v) is 4.46. The molecule has 2 rings (SSSR count). The van der Waals surface area contributed by atoms with Crippen molar-refractivity contribution < 1.29 is 4.39 Å². The molecule has 7 heteroatoms. The lowest BCUT2D eigenvalue weighted by molar-refractivity contribution is 0.628. The van der Waals surface area contributed by atoms with Gasteiger partial charge in [0, 0.05) is 24.5 Å². The van der Waals surface area contributed by atoms with E-state index in [2.05, 4.69) is 46.7 Å². The second-order valence-corrected chi connectivity index (χ2v) is 6.79. The number of thiocarbonyl (C=S) groups is 1. The molecule has 0 aliphatic rings. The van der Waals surface area contributed by atoms with Gasteiger partial charge < -0.3 is 10.2 Å². The van der Waals surface area contributed by atoms with Crippen LogP contribution in [0, 0.1) is 5.82 Å². The van der Waals surface area contributed by atoms with Crippen LogP contribution in [-0.2, 0) is 0 Å². The largest absolute Gasteiger partial charge is 0.372 e. The molecule has 0 unspecified atom stereocenters. The molecule has 0 aliphatic carbocycles. The number of anilines is 2. The Morgan fingerprint density at radius 1 is 1.22 bits per heavy atom. The number of unbranched alkanes of at least 4 members (excludes halogenated alkanes) is 1. The summed E-state index contributed by atoms with van der Waals surface area (Å²) in [5, 5.41) is 7.35. The molecule has 0 saturated carbocycles. The highest BCUT2D eigenvalue weighted by Crippen LogP contribution is 2.19. The summed E-state index contributed by atoms with van der Waals surface area (Å²) in [7, 11) is 0. The van der Waals surface area contributed by atoms with Crippen LogP contribution < -0.4 is 15.6 Å². The lowest BCUT2D eigenvalue weighted by Crippen LogP contribution is -2.24. The molecule has 2 aromatic rings. The first-order chi connectivity index (χ1) is 13.0. The molecule has 4 nitrogen and oxygen atoms in total. The smallest absolute Gasteiger partial charge is 0.191 e. The minimum absolute atomic E-state index is 0.0338. The zero-order valence-corrected chi connectivity index (χ0v) is 17.1. The maximum atomic E-state index is 13.2. The van der Waals surface area contributed by atoms with Crippen LogP contribution in [0.1, 0.15) is 32.3 Å². The van der Waals surface area contributed by atoms with Crippen molar-refractivity contribution in [3.8, 4) is 0 Å². The molecular weight excluding hydrogens is 383 g/mol. The van der Waals surface area contributed by atoms with Crippen LogP contribution in [0.5, 0.6) is 0 Å². The first kappa shape index (κ1) is 21.1. The monoisotopic (exact) mass is 406 g/mol. The summed E-state index contributed by atoms with van der Waals surface area (Å²) in [6.07, 6.45) is 4.06. The van der Waals surface area contributed by atoms with E-state index < -0.39 is 5.82 Å². The van der Waals surface area contributed by atoms with E-state index in [0.717, 1.165) is 18.7 Å². The Balaban J connectivity index is 1.87. The van der Waals surface area contributed by atoms with Crippen molar-refractivity contribution in [2.75, 3.05) is 23.3 Å². The maximum absolute atomic E-state index is 13.2.